The number of hydrogen-bond acceptors (Lipinski definition) is 3. The summed E-state index contributed by atoms with van der Waals surface area (Å²) in [6, 6.07) is 16.0. The van der Waals surface area contributed by atoms with E-state index in [1.807, 2.05) is 30.3 Å². The lowest BCUT2D eigenvalue weighted by Crippen LogP contribution is -2.36. The zero-order chi connectivity index (χ0) is 19.2. The highest BCUT2D eigenvalue weighted by Gasteiger charge is 2.18. The topological polar surface area (TPSA) is 52.7 Å². The third kappa shape index (κ3) is 5.09. The second-order valence-electron chi connectivity index (χ2n) is 7.19. The van der Waals surface area contributed by atoms with Gasteiger partial charge in [0.05, 0.1) is 6.54 Å². The monoisotopic (exact) mass is 365 g/mol. The Hall–Kier alpha value is -2.82. The van der Waals surface area contributed by atoms with E-state index in [0.29, 0.717) is 19.4 Å². The fourth-order valence-electron chi connectivity index (χ4n) is 3.43. The van der Waals surface area contributed by atoms with E-state index >= 15 is 0 Å². The highest BCUT2D eigenvalue weighted by molar-refractivity contribution is 5.94. The molecule has 1 aliphatic rings. The van der Waals surface area contributed by atoms with Crippen molar-refractivity contribution in [2.24, 2.45) is 0 Å². The molecule has 1 aliphatic heterocycles. The lowest BCUT2D eigenvalue weighted by Gasteiger charge is -2.30. The van der Waals surface area contributed by atoms with Crippen molar-refractivity contribution in [1.82, 2.24) is 4.90 Å². The van der Waals surface area contributed by atoms with Crippen LogP contribution in [0.15, 0.2) is 48.5 Å². The maximum Gasteiger partial charge on any atom is 0.243 e. The third-order valence-corrected chi connectivity index (χ3v) is 4.88. The molecule has 0 spiro atoms. The molecule has 2 aromatic carbocycles. The maximum absolute atomic E-state index is 12.5. The predicted octanol–water partition coefficient (Wildman–Crippen LogP) is 3.10. The molecular formula is C22H27N3O2. The zero-order valence-corrected chi connectivity index (χ0v) is 16.1. The zero-order valence-electron chi connectivity index (χ0n) is 16.1. The van der Waals surface area contributed by atoms with E-state index in [1.54, 1.807) is 19.0 Å². The summed E-state index contributed by atoms with van der Waals surface area (Å²) in [4.78, 5) is 28.0. The smallest absolute Gasteiger partial charge is 0.243 e. The minimum absolute atomic E-state index is 0.0202. The Kier molecular flexibility index (Phi) is 6.12. The van der Waals surface area contributed by atoms with Gasteiger partial charge in [-0.2, -0.15) is 0 Å². The Morgan fingerprint density at radius 3 is 2.74 bits per heavy atom. The van der Waals surface area contributed by atoms with Crippen molar-refractivity contribution in [3.8, 4) is 0 Å². The van der Waals surface area contributed by atoms with E-state index in [2.05, 4.69) is 28.4 Å². The Bertz CT molecular complexity index is 817. The molecule has 2 aromatic rings. The molecule has 0 saturated heterocycles. The molecule has 5 heteroatoms. The molecule has 5 nitrogen and oxygen atoms in total. The van der Waals surface area contributed by atoms with Gasteiger partial charge in [0.2, 0.25) is 11.8 Å². The van der Waals surface area contributed by atoms with Crippen molar-refractivity contribution in [3.63, 3.8) is 0 Å². The Labute approximate surface area is 161 Å². The lowest BCUT2D eigenvalue weighted by atomic mass is 10.0. The summed E-state index contributed by atoms with van der Waals surface area (Å²) in [7, 11) is 3.52. The number of hydrogen-bond donors (Lipinski definition) is 1. The number of fused-ring (bicyclic) bond motifs is 1. The van der Waals surface area contributed by atoms with E-state index in [-0.39, 0.29) is 11.8 Å². The van der Waals surface area contributed by atoms with Crippen LogP contribution in [0.25, 0.3) is 0 Å². The van der Waals surface area contributed by atoms with Crippen molar-refractivity contribution in [2.45, 2.75) is 25.7 Å². The SMILES string of the molecule is CN(C)C(=O)CCc1cccc(NC(=O)CN2CCCc3ccccc32)c1. The molecule has 3 rings (SSSR count). The van der Waals surface area contributed by atoms with Crippen LogP contribution in [-0.4, -0.2) is 43.9 Å². The van der Waals surface area contributed by atoms with Gasteiger partial charge in [-0.05, 0) is 48.6 Å². The van der Waals surface area contributed by atoms with Crippen LogP contribution in [0.3, 0.4) is 0 Å². The van der Waals surface area contributed by atoms with Crippen molar-refractivity contribution in [2.75, 3.05) is 37.4 Å². The van der Waals surface area contributed by atoms with E-state index < -0.39 is 0 Å². The molecule has 0 fully saturated rings. The van der Waals surface area contributed by atoms with Crippen molar-refractivity contribution in [3.05, 3.63) is 59.7 Å². The number of amides is 2. The van der Waals surface area contributed by atoms with Gasteiger partial charge in [0.25, 0.3) is 0 Å². The molecule has 142 valence electrons. The molecule has 0 bridgehead atoms. The molecule has 0 aliphatic carbocycles. The first kappa shape index (κ1) is 19.0. The number of carbonyl (C=O) groups excluding carboxylic acids is 2. The quantitative estimate of drug-likeness (QED) is 0.856. The predicted molar refractivity (Wildman–Crippen MR) is 109 cm³/mol. The largest absolute Gasteiger partial charge is 0.362 e. The first-order valence-electron chi connectivity index (χ1n) is 9.45. The van der Waals surface area contributed by atoms with E-state index in [9.17, 15) is 9.59 Å². The van der Waals surface area contributed by atoms with Gasteiger partial charge in [0, 0.05) is 38.4 Å². The summed E-state index contributed by atoms with van der Waals surface area (Å²) < 4.78 is 0. The summed E-state index contributed by atoms with van der Waals surface area (Å²) in [6.07, 6.45) is 3.27. The van der Waals surface area contributed by atoms with Crippen LogP contribution in [0.1, 0.15) is 24.0 Å². The van der Waals surface area contributed by atoms with Gasteiger partial charge in [-0.1, -0.05) is 30.3 Å². The molecule has 0 saturated carbocycles. The van der Waals surface area contributed by atoms with Gasteiger partial charge in [-0.15, -0.1) is 0 Å². The third-order valence-electron chi connectivity index (χ3n) is 4.88. The summed E-state index contributed by atoms with van der Waals surface area (Å²) in [5.74, 6) is 0.0847. The molecule has 1 heterocycles. The van der Waals surface area contributed by atoms with Crippen LogP contribution in [0.4, 0.5) is 11.4 Å². The van der Waals surface area contributed by atoms with E-state index in [1.165, 1.54) is 5.56 Å². The van der Waals surface area contributed by atoms with Crippen LogP contribution >= 0.6 is 0 Å². The van der Waals surface area contributed by atoms with Crippen LogP contribution in [-0.2, 0) is 22.4 Å². The molecule has 0 radical (unpaired) electrons. The van der Waals surface area contributed by atoms with E-state index in [0.717, 1.165) is 36.3 Å². The molecule has 27 heavy (non-hydrogen) atoms. The fraction of sp³-hybridized carbons (Fsp3) is 0.364. The van der Waals surface area contributed by atoms with Crippen LogP contribution in [0, 0.1) is 0 Å². The maximum atomic E-state index is 12.5. The summed E-state index contributed by atoms with van der Waals surface area (Å²) in [5, 5.41) is 2.99. The second kappa shape index (κ2) is 8.71. The van der Waals surface area contributed by atoms with Gasteiger partial charge in [-0.25, -0.2) is 0 Å². The number of aryl methyl sites for hydroxylation is 2. The summed E-state index contributed by atoms with van der Waals surface area (Å²) in [6.45, 7) is 1.25. The standard InChI is InChI=1S/C22H27N3O2/c1-24(2)22(27)13-12-17-7-5-10-19(15-17)23-21(26)16-25-14-6-9-18-8-3-4-11-20(18)25/h3-5,7-8,10-11,15H,6,9,12-14,16H2,1-2H3,(H,23,26). The lowest BCUT2D eigenvalue weighted by molar-refractivity contribution is -0.128. The van der Waals surface area contributed by atoms with Crippen LogP contribution < -0.4 is 10.2 Å². The second-order valence-corrected chi connectivity index (χ2v) is 7.19. The number of anilines is 2. The van der Waals surface area contributed by atoms with Crippen LogP contribution in [0.5, 0.6) is 0 Å². The highest BCUT2D eigenvalue weighted by Crippen LogP contribution is 2.26. The van der Waals surface area contributed by atoms with Gasteiger partial charge in [-0.3, -0.25) is 9.59 Å². The Balaban J connectivity index is 1.59. The van der Waals surface area contributed by atoms with Gasteiger partial charge >= 0.3 is 0 Å². The van der Waals surface area contributed by atoms with Gasteiger partial charge < -0.3 is 15.1 Å². The van der Waals surface area contributed by atoms with Crippen LogP contribution in [0.2, 0.25) is 0 Å². The minimum atomic E-state index is -0.0202. The number of nitrogens with zero attached hydrogens (tertiary/aromatic N) is 2. The Morgan fingerprint density at radius 2 is 1.93 bits per heavy atom. The number of benzene rings is 2. The number of rotatable bonds is 6. The molecular weight excluding hydrogens is 338 g/mol. The first-order valence-corrected chi connectivity index (χ1v) is 9.45. The van der Waals surface area contributed by atoms with Crippen molar-refractivity contribution in [1.29, 1.82) is 0 Å². The van der Waals surface area contributed by atoms with Gasteiger partial charge in [0.1, 0.15) is 0 Å². The van der Waals surface area contributed by atoms with Crippen molar-refractivity contribution >= 4 is 23.2 Å². The Morgan fingerprint density at radius 1 is 1.11 bits per heavy atom. The molecule has 0 unspecified atom stereocenters. The number of nitrogens with one attached hydrogen (secondary N) is 1. The number of para-hydroxylation sites is 1. The van der Waals surface area contributed by atoms with Gasteiger partial charge in [0.15, 0.2) is 0 Å². The molecule has 0 aromatic heterocycles. The van der Waals surface area contributed by atoms with E-state index in [4.69, 9.17) is 0 Å². The highest BCUT2D eigenvalue weighted by atomic mass is 16.2. The average Bonchev–Trinajstić information content (AvgIpc) is 2.66. The first-order chi connectivity index (χ1) is 13.0. The minimum Gasteiger partial charge on any atom is -0.362 e. The molecule has 1 N–H and O–H groups in total. The van der Waals surface area contributed by atoms with Crippen molar-refractivity contribution < 1.29 is 9.59 Å². The summed E-state index contributed by atoms with van der Waals surface area (Å²) in [5.41, 5.74) is 4.30. The summed E-state index contributed by atoms with van der Waals surface area (Å²) >= 11 is 0. The number of carbonyl (C=O) groups is 2. The fourth-order valence-corrected chi connectivity index (χ4v) is 3.43. The average molecular weight is 365 g/mol. The molecule has 2 amide bonds. The molecule has 0 atom stereocenters. The normalized spacial score (nSPS) is 13.0.